The fraction of sp³-hybridized carbons (Fsp3) is 0.846. The summed E-state index contributed by atoms with van der Waals surface area (Å²) >= 11 is 0. The predicted molar refractivity (Wildman–Crippen MR) is 76.8 cm³/mol. The SMILES string of the molecule is CCCN(CC(=O)O)C(=O)NCCCN1CCNCC1. The Morgan fingerprint density at radius 2 is 2.05 bits per heavy atom. The lowest BCUT2D eigenvalue weighted by Gasteiger charge is -2.27. The number of hydrogen-bond donors (Lipinski definition) is 3. The molecule has 116 valence electrons. The van der Waals surface area contributed by atoms with Crippen LogP contribution in [0.25, 0.3) is 0 Å². The van der Waals surface area contributed by atoms with Crippen molar-refractivity contribution >= 4 is 12.0 Å². The average molecular weight is 286 g/mol. The van der Waals surface area contributed by atoms with Crippen LogP contribution >= 0.6 is 0 Å². The summed E-state index contributed by atoms with van der Waals surface area (Å²) in [4.78, 5) is 26.2. The van der Waals surface area contributed by atoms with Crippen molar-refractivity contribution in [2.24, 2.45) is 0 Å². The molecule has 1 saturated heterocycles. The number of aliphatic carboxylic acids is 1. The minimum Gasteiger partial charge on any atom is -0.480 e. The van der Waals surface area contributed by atoms with Crippen LogP contribution in [0.5, 0.6) is 0 Å². The van der Waals surface area contributed by atoms with Crippen LogP contribution in [0.2, 0.25) is 0 Å². The molecule has 1 aliphatic rings. The van der Waals surface area contributed by atoms with Gasteiger partial charge in [-0.3, -0.25) is 4.79 Å². The van der Waals surface area contributed by atoms with E-state index in [4.69, 9.17) is 5.11 Å². The van der Waals surface area contributed by atoms with Crippen molar-refractivity contribution in [3.05, 3.63) is 0 Å². The van der Waals surface area contributed by atoms with Crippen molar-refractivity contribution in [2.45, 2.75) is 19.8 Å². The maximum atomic E-state index is 11.8. The third-order valence-corrected chi connectivity index (χ3v) is 3.24. The van der Waals surface area contributed by atoms with Crippen LogP contribution in [-0.4, -0.2) is 79.3 Å². The minimum atomic E-state index is -0.977. The van der Waals surface area contributed by atoms with Gasteiger partial charge in [-0.05, 0) is 19.4 Å². The zero-order valence-corrected chi connectivity index (χ0v) is 12.2. The van der Waals surface area contributed by atoms with Gasteiger partial charge in [0.15, 0.2) is 0 Å². The van der Waals surface area contributed by atoms with E-state index in [2.05, 4.69) is 15.5 Å². The molecule has 0 aromatic rings. The Morgan fingerprint density at radius 1 is 1.35 bits per heavy atom. The van der Waals surface area contributed by atoms with E-state index in [-0.39, 0.29) is 12.6 Å². The summed E-state index contributed by atoms with van der Waals surface area (Å²) in [6, 6.07) is -0.283. The van der Waals surface area contributed by atoms with Gasteiger partial charge in [0, 0.05) is 39.3 Å². The third-order valence-electron chi connectivity index (χ3n) is 3.24. The minimum absolute atomic E-state index is 0.239. The second kappa shape index (κ2) is 9.55. The molecule has 20 heavy (non-hydrogen) atoms. The van der Waals surface area contributed by atoms with E-state index in [9.17, 15) is 9.59 Å². The van der Waals surface area contributed by atoms with E-state index in [1.165, 1.54) is 4.90 Å². The molecule has 1 rings (SSSR count). The van der Waals surface area contributed by atoms with Crippen LogP contribution in [0.1, 0.15) is 19.8 Å². The molecule has 1 heterocycles. The number of nitrogens with one attached hydrogen (secondary N) is 2. The van der Waals surface area contributed by atoms with E-state index < -0.39 is 5.97 Å². The molecule has 0 unspecified atom stereocenters. The number of carbonyl (C=O) groups excluding carboxylic acids is 1. The van der Waals surface area contributed by atoms with Crippen molar-refractivity contribution in [1.29, 1.82) is 0 Å². The van der Waals surface area contributed by atoms with Crippen LogP contribution in [0.15, 0.2) is 0 Å². The fourth-order valence-corrected chi connectivity index (χ4v) is 2.23. The van der Waals surface area contributed by atoms with Gasteiger partial charge in [-0.2, -0.15) is 0 Å². The topological polar surface area (TPSA) is 84.9 Å². The standard InChI is InChI=1S/C13H26N4O3/c1-2-7-17(11-12(18)19)13(20)15-4-3-8-16-9-5-14-6-10-16/h14H,2-11H2,1H3,(H,15,20)(H,18,19). The molecular formula is C13H26N4O3. The maximum absolute atomic E-state index is 11.8. The van der Waals surface area contributed by atoms with Crippen LogP contribution in [0.3, 0.4) is 0 Å². The summed E-state index contributed by atoms with van der Waals surface area (Å²) in [6.45, 7) is 7.85. The molecule has 2 amide bonds. The Labute approximate surface area is 120 Å². The molecule has 0 radical (unpaired) electrons. The maximum Gasteiger partial charge on any atom is 0.323 e. The Kier molecular flexibility index (Phi) is 7.98. The summed E-state index contributed by atoms with van der Waals surface area (Å²) in [5, 5.41) is 14.9. The summed E-state index contributed by atoms with van der Waals surface area (Å²) in [5.41, 5.74) is 0. The smallest absolute Gasteiger partial charge is 0.323 e. The number of nitrogens with zero attached hydrogens (tertiary/aromatic N) is 2. The molecular weight excluding hydrogens is 260 g/mol. The first-order valence-corrected chi connectivity index (χ1v) is 7.31. The lowest BCUT2D eigenvalue weighted by atomic mass is 10.3. The molecule has 0 atom stereocenters. The molecule has 1 aliphatic heterocycles. The van der Waals surface area contributed by atoms with Crippen molar-refractivity contribution in [1.82, 2.24) is 20.4 Å². The third kappa shape index (κ3) is 6.72. The zero-order chi connectivity index (χ0) is 14.8. The normalized spacial score (nSPS) is 15.8. The van der Waals surface area contributed by atoms with Gasteiger partial charge in [0.1, 0.15) is 6.54 Å². The van der Waals surface area contributed by atoms with Gasteiger partial charge in [-0.1, -0.05) is 6.92 Å². The van der Waals surface area contributed by atoms with Gasteiger partial charge in [0.05, 0.1) is 0 Å². The summed E-state index contributed by atoms with van der Waals surface area (Å²) in [6.07, 6.45) is 1.64. The van der Waals surface area contributed by atoms with Gasteiger partial charge in [-0.25, -0.2) is 4.79 Å². The van der Waals surface area contributed by atoms with Crippen molar-refractivity contribution < 1.29 is 14.7 Å². The second-order valence-corrected chi connectivity index (χ2v) is 4.99. The van der Waals surface area contributed by atoms with Crippen molar-refractivity contribution in [3.8, 4) is 0 Å². The number of carbonyl (C=O) groups is 2. The van der Waals surface area contributed by atoms with E-state index in [1.54, 1.807) is 0 Å². The highest BCUT2D eigenvalue weighted by Gasteiger charge is 2.15. The van der Waals surface area contributed by atoms with Gasteiger partial charge in [-0.15, -0.1) is 0 Å². The van der Waals surface area contributed by atoms with Gasteiger partial charge in [0.2, 0.25) is 0 Å². The highest BCUT2D eigenvalue weighted by molar-refractivity contribution is 5.80. The molecule has 3 N–H and O–H groups in total. The number of carboxylic acids is 1. The molecule has 7 heteroatoms. The van der Waals surface area contributed by atoms with Gasteiger partial charge in [0.25, 0.3) is 0 Å². The van der Waals surface area contributed by atoms with Crippen LogP contribution < -0.4 is 10.6 Å². The lowest BCUT2D eigenvalue weighted by Crippen LogP contribution is -2.45. The molecule has 1 fully saturated rings. The average Bonchev–Trinajstić information content (AvgIpc) is 2.43. The first-order valence-electron chi connectivity index (χ1n) is 7.31. The molecule has 0 saturated carbocycles. The monoisotopic (exact) mass is 286 g/mol. The number of amides is 2. The molecule has 0 spiro atoms. The summed E-state index contributed by atoms with van der Waals surface area (Å²) < 4.78 is 0. The Balaban J connectivity index is 2.17. The second-order valence-electron chi connectivity index (χ2n) is 4.99. The zero-order valence-electron chi connectivity index (χ0n) is 12.2. The van der Waals surface area contributed by atoms with Gasteiger partial charge >= 0.3 is 12.0 Å². The molecule has 0 aliphatic carbocycles. The first-order chi connectivity index (χ1) is 9.63. The lowest BCUT2D eigenvalue weighted by molar-refractivity contribution is -0.137. The predicted octanol–water partition coefficient (Wildman–Crippen LogP) is -0.212. The van der Waals surface area contributed by atoms with Crippen molar-refractivity contribution in [2.75, 3.05) is 52.4 Å². The van der Waals surface area contributed by atoms with Crippen LogP contribution in [0.4, 0.5) is 4.79 Å². The van der Waals surface area contributed by atoms with Crippen LogP contribution in [0, 0.1) is 0 Å². The molecule has 7 nitrogen and oxygen atoms in total. The molecule has 0 aromatic heterocycles. The van der Waals surface area contributed by atoms with Crippen molar-refractivity contribution in [3.63, 3.8) is 0 Å². The van der Waals surface area contributed by atoms with Crippen LogP contribution in [-0.2, 0) is 4.79 Å². The number of urea groups is 1. The highest BCUT2D eigenvalue weighted by Crippen LogP contribution is 1.95. The van der Waals surface area contributed by atoms with E-state index >= 15 is 0 Å². The number of carboxylic acid groups (broad SMARTS) is 1. The summed E-state index contributed by atoms with van der Waals surface area (Å²) in [5.74, 6) is -0.977. The van der Waals surface area contributed by atoms with Gasteiger partial charge < -0.3 is 25.5 Å². The fourth-order valence-electron chi connectivity index (χ4n) is 2.23. The number of rotatable bonds is 8. The van der Waals surface area contributed by atoms with E-state index in [1.807, 2.05) is 6.92 Å². The Bertz CT molecular complexity index is 306. The molecule has 0 aromatic carbocycles. The largest absolute Gasteiger partial charge is 0.480 e. The van der Waals surface area contributed by atoms with E-state index in [0.717, 1.165) is 45.6 Å². The number of hydrogen-bond acceptors (Lipinski definition) is 4. The Morgan fingerprint density at radius 3 is 2.65 bits per heavy atom. The Hall–Kier alpha value is -1.34. The van der Waals surface area contributed by atoms with E-state index in [0.29, 0.717) is 13.1 Å². The summed E-state index contributed by atoms with van der Waals surface area (Å²) in [7, 11) is 0. The quantitative estimate of drug-likeness (QED) is 0.538. The molecule has 0 bridgehead atoms. The first kappa shape index (κ1) is 16.7. The number of piperazine rings is 1. The highest BCUT2D eigenvalue weighted by atomic mass is 16.4.